The lowest BCUT2D eigenvalue weighted by Crippen LogP contribution is -2.21. The molecule has 0 radical (unpaired) electrons. The Balaban J connectivity index is 2.19. The summed E-state index contributed by atoms with van der Waals surface area (Å²) in [4.78, 5) is 6.46. The summed E-state index contributed by atoms with van der Waals surface area (Å²) in [6.07, 6.45) is 2.20. The van der Waals surface area contributed by atoms with E-state index in [2.05, 4.69) is 25.8 Å². The smallest absolute Gasteiger partial charge is 0.0829 e. The van der Waals surface area contributed by atoms with Gasteiger partial charge in [-0.3, -0.25) is 4.98 Å². The van der Waals surface area contributed by atoms with E-state index in [1.165, 1.54) is 0 Å². The SMILES string of the molecule is O[C@H]1CCN(c2c(Cl)cnc3ccc(Br)cc23)C1. The number of aromatic nitrogens is 1. The molecule has 1 N–H and O–H groups in total. The van der Waals surface area contributed by atoms with Gasteiger partial charge in [0.05, 0.1) is 22.3 Å². The molecule has 0 unspecified atom stereocenters. The number of aliphatic hydroxyl groups is 1. The number of benzene rings is 1. The van der Waals surface area contributed by atoms with E-state index in [0.717, 1.165) is 34.0 Å². The van der Waals surface area contributed by atoms with E-state index in [1.807, 2.05) is 18.2 Å². The Morgan fingerprint density at radius 3 is 3.00 bits per heavy atom. The van der Waals surface area contributed by atoms with Gasteiger partial charge in [-0.25, -0.2) is 0 Å². The lowest BCUT2D eigenvalue weighted by atomic mass is 10.1. The van der Waals surface area contributed by atoms with Crippen molar-refractivity contribution >= 4 is 44.1 Å². The van der Waals surface area contributed by atoms with Crippen molar-refractivity contribution in [3.63, 3.8) is 0 Å². The number of β-amino-alcohol motifs (C(OH)–C–C–N with tert-alkyl or cyclic N) is 1. The average molecular weight is 328 g/mol. The molecule has 1 aromatic carbocycles. The molecule has 0 amide bonds. The monoisotopic (exact) mass is 326 g/mol. The van der Waals surface area contributed by atoms with E-state index in [-0.39, 0.29) is 6.10 Å². The zero-order valence-electron chi connectivity index (χ0n) is 9.61. The quantitative estimate of drug-likeness (QED) is 0.873. The summed E-state index contributed by atoms with van der Waals surface area (Å²) < 4.78 is 1.00. The van der Waals surface area contributed by atoms with Gasteiger partial charge in [-0.1, -0.05) is 27.5 Å². The molecule has 0 bridgehead atoms. The number of halogens is 2. The lowest BCUT2D eigenvalue weighted by molar-refractivity contribution is 0.198. The minimum Gasteiger partial charge on any atom is -0.391 e. The van der Waals surface area contributed by atoms with Gasteiger partial charge in [0.2, 0.25) is 0 Å². The Morgan fingerprint density at radius 1 is 1.44 bits per heavy atom. The van der Waals surface area contributed by atoms with E-state index in [1.54, 1.807) is 6.20 Å². The molecule has 1 atom stereocenters. The summed E-state index contributed by atoms with van der Waals surface area (Å²) in [5.74, 6) is 0. The van der Waals surface area contributed by atoms with Crippen molar-refractivity contribution in [1.29, 1.82) is 0 Å². The van der Waals surface area contributed by atoms with Gasteiger partial charge in [-0.2, -0.15) is 0 Å². The lowest BCUT2D eigenvalue weighted by Gasteiger charge is -2.21. The first kappa shape index (κ1) is 12.2. The van der Waals surface area contributed by atoms with Crippen LogP contribution in [0.5, 0.6) is 0 Å². The number of pyridine rings is 1. The maximum absolute atomic E-state index is 9.67. The molecular weight excluding hydrogens is 316 g/mol. The first-order valence-electron chi connectivity index (χ1n) is 5.82. The van der Waals surface area contributed by atoms with E-state index in [9.17, 15) is 5.11 Å². The van der Waals surface area contributed by atoms with Crippen LogP contribution in [-0.4, -0.2) is 29.3 Å². The molecule has 1 aromatic heterocycles. The van der Waals surface area contributed by atoms with Crippen molar-refractivity contribution in [3.05, 3.63) is 33.9 Å². The molecule has 1 fully saturated rings. The largest absolute Gasteiger partial charge is 0.391 e. The van der Waals surface area contributed by atoms with Crippen LogP contribution in [0.15, 0.2) is 28.9 Å². The number of rotatable bonds is 1. The Labute approximate surface area is 119 Å². The second-order valence-corrected chi connectivity index (χ2v) is 5.83. The maximum Gasteiger partial charge on any atom is 0.0829 e. The van der Waals surface area contributed by atoms with Gasteiger partial charge >= 0.3 is 0 Å². The maximum atomic E-state index is 9.67. The van der Waals surface area contributed by atoms with Gasteiger partial charge in [0.25, 0.3) is 0 Å². The highest BCUT2D eigenvalue weighted by Gasteiger charge is 2.24. The Hall–Kier alpha value is -0.840. The van der Waals surface area contributed by atoms with Crippen molar-refractivity contribution in [2.75, 3.05) is 18.0 Å². The third-order valence-corrected chi connectivity index (χ3v) is 4.01. The number of hydrogen-bond donors (Lipinski definition) is 1. The van der Waals surface area contributed by atoms with Gasteiger partial charge in [-0.05, 0) is 24.6 Å². The van der Waals surface area contributed by atoms with Crippen molar-refractivity contribution in [1.82, 2.24) is 4.98 Å². The molecule has 2 aromatic rings. The van der Waals surface area contributed by atoms with Crippen molar-refractivity contribution in [2.45, 2.75) is 12.5 Å². The average Bonchev–Trinajstić information content (AvgIpc) is 2.75. The van der Waals surface area contributed by atoms with E-state index in [4.69, 9.17) is 11.6 Å². The van der Waals surface area contributed by atoms with Crippen LogP contribution in [0.3, 0.4) is 0 Å². The van der Waals surface area contributed by atoms with Gasteiger partial charge in [0, 0.05) is 29.1 Å². The predicted molar refractivity (Wildman–Crippen MR) is 77.3 cm³/mol. The van der Waals surface area contributed by atoms with E-state index >= 15 is 0 Å². The first-order valence-corrected chi connectivity index (χ1v) is 6.99. The van der Waals surface area contributed by atoms with Gasteiger partial charge < -0.3 is 10.0 Å². The van der Waals surface area contributed by atoms with Crippen LogP contribution in [0.25, 0.3) is 10.9 Å². The number of anilines is 1. The second-order valence-electron chi connectivity index (χ2n) is 4.50. The summed E-state index contributed by atoms with van der Waals surface area (Å²) >= 11 is 9.76. The highest BCUT2D eigenvalue weighted by Crippen LogP contribution is 2.36. The van der Waals surface area contributed by atoms with Crippen molar-refractivity contribution in [2.24, 2.45) is 0 Å². The Morgan fingerprint density at radius 2 is 2.28 bits per heavy atom. The number of fused-ring (bicyclic) bond motifs is 1. The fraction of sp³-hybridized carbons (Fsp3) is 0.308. The molecule has 94 valence electrons. The highest BCUT2D eigenvalue weighted by molar-refractivity contribution is 9.10. The summed E-state index contributed by atoms with van der Waals surface area (Å²) in [5, 5.41) is 11.3. The second kappa shape index (κ2) is 4.68. The molecule has 1 saturated heterocycles. The van der Waals surface area contributed by atoms with Crippen LogP contribution in [-0.2, 0) is 0 Å². The number of nitrogens with zero attached hydrogens (tertiary/aromatic N) is 2. The van der Waals surface area contributed by atoms with Crippen LogP contribution in [0.2, 0.25) is 5.02 Å². The number of aliphatic hydroxyl groups excluding tert-OH is 1. The molecular formula is C13H12BrClN2O. The zero-order chi connectivity index (χ0) is 12.7. The summed E-state index contributed by atoms with van der Waals surface area (Å²) in [7, 11) is 0. The van der Waals surface area contributed by atoms with Crippen LogP contribution in [0, 0.1) is 0 Å². The molecule has 5 heteroatoms. The first-order chi connectivity index (χ1) is 8.65. The van der Waals surface area contributed by atoms with Crippen molar-refractivity contribution < 1.29 is 5.11 Å². The van der Waals surface area contributed by atoms with Gasteiger partial charge in [-0.15, -0.1) is 0 Å². The minimum atomic E-state index is -0.267. The Kier molecular flexibility index (Phi) is 3.18. The summed E-state index contributed by atoms with van der Waals surface area (Å²) in [5.41, 5.74) is 1.89. The van der Waals surface area contributed by atoms with Crippen LogP contribution in [0.1, 0.15) is 6.42 Å². The molecule has 3 rings (SSSR count). The summed E-state index contributed by atoms with van der Waals surface area (Å²) in [6, 6.07) is 5.95. The zero-order valence-corrected chi connectivity index (χ0v) is 11.9. The predicted octanol–water partition coefficient (Wildman–Crippen LogP) is 3.22. The molecule has 3 nitrogen and oxygen atoms in total. The Bertz CT molecular complexity index is 600. The van der Waals surface area contributed by atoms with E-state index in [0.29, 0.717) is 11.6 Å². The van der Waals surface area contributed by atoms with E-state index < -0.39 is 0 Å². The normalized spacial score (nSPS) is 19.7. The van der Waals surface area contributed by atoms with Gasteiger partial charge in [0.15, 0.2) is 0 Å². The molecule has 18 heavy (non-hydrogen) atoms. The van der Waals surface area contributed by atoms with Crippen LogP contribution in [0.4, 0.5) is 5.69 Å². The third kappa shape index (κ3) is 2.09. The van der Waals surface area contributed by atoms with Crippen LogP contribution < -0.4 is 4.90 Å². The summed E-state index contributed by atoms with van der Waals surface area (Å²) in [6.45, 7) is 1.46. The third-order valence-electron chi connectivity index (χ3n) is 3.24. The fourth-order valence-electron chi connectivity index (χ4n) is 2.39. The standard InChI is InChI=1S/C13H12BrClN2O/c14-8-1-2-12-10(5-8)13(11(15)6-16-12)17-4-3-9(18)7-17/h1-2,5-6,9,18H,3-4,7H2/t9-/m0/s1. The molecule has 1 aliphatic heterocycles. The molecule has 0 aliphatic carbocycles. The molecule has 1 aliphatic rings. The highest BCUT2D eigenvalue weighted by atomic mass is 79.9. The fourth-order valence-corrected chi connectivity index (χ4v) is 3.02. The molecule has 2 heterocycles. The van der Waals surface area contributed by atoms with Gasteiger partial charge in [0.1, 0.15) is 0 Å². The van der Waals surface area contributed by atoms with Crippen LogP contribution >= 0.6 is 27.5 Å². The molecule has 0 saturated carbocycles. The molecule has 0 spiro atoms. The number of hydrogen-bond acceptors (Lipinski definition) is 3. The minimum absolute atomic E-state index is 0.267. The van der Waals surface area contributed by atoms with Crippen molar-refractivity contribution in [3.8, 4) is 0 Å². The topological polar surface area (TPSA) is 36.4 Å².